The fourth-order valence-corrected chi connectivity index (χ4v) is 3.26. The molecule has 0 aliphatic carbocycles. The van der Waals surface area contributed by atoms with Crippen LogP contribution in [0.1, 0.15) is 25.3 Å². The number of halogens is 1. The van der Waals surface area contributed by atoms with E-state index < -0.39 is 0 Å². The first-order valence-corrected chi connectivity index (χ1v) is 8.68. The molecule has 18 heavy (non-hydrogen) atoms. The van der Waals surface area contributed by atoms with Crippen molar-refractivity contribution in [1.29, 1.82) is 0 Å². The SMILES string of the molecule is CCSCCCC(CNC)Cc1ccccc1Br. The van der Waals surface area contributed by atoms with Crippen LogP contribution >= 0.6 is 27.7 Å². The van der Waals surface area contributed by atoms with Gasteiger partial charge >= 0.3 is 0 Å². The zero-order valence-electron chi connectivity index (χ0n) is 11.4. The maximum Gasteiger partial charge on any atom is 0.0207 e. The molecule has 0 amide bonds. The van der Waals surface area contributed by atoms with E-state index in [9.17, 15) is 0 Å². The molecule has 0 saturated carbocycles. The number of rotatable bonds is 9. The van der Waals surface area contributed by atoms with Gasteiger partial charge in [-0.3, -0.25) is 0 Å². The van der Waals surface area contributed by atoms with Crippen LogP contribution in [-0.2, 0) is 6.42 Å². The lowest BCUT2D eigenvalue weighted by atomic mass is 9.95. The smallest absolute Gasteiger partial charge is 0.0207 e. The van der Waals surface area contributed by atoms with Crippen LogP contribution < -0.4 is 5.32 Å². The Bertz CT molecular complexity index is 330. The van der Waals surface area contributed by atoms with Gasteiger partial charge < -0.3 is 5.32 Å². The van der Waals surface area contributed by atoms with Gasteiger partial charge in [0.2, 0.25) is 0 Å². The maximum absolute atomic E-state index is 3.64. The van der Waals surface area contributed by atoms with Crippen molar-refractivity contribution in [2.24, 2.45) is 5.92 Å². The van der Waals surface area contributed by atoms with Crippen molar-refractivity contribution in [2.75, 3.05) is 25.1 Å². The van der Waals surface area contributed by atoms with Gasteiger partial charge in [0.05, 0.1) is 0 Å². The fourth-order valence-electron chi connectivity index (χ4n) is 2.16. The molecule has 0 aromatic heterocycles. The summed E-state index contributed by atoms with van der Waals surface area (Å²) in [4.78, 5) is 0. The first-order chi connectivity index (χ1) is 8.77. The average Bonchev–Trinajstić information content (AvgIpc) is 2.37. The van der Waals surface area contributed by atoms with Crippen LogP contribution in [0.5, 0.6) is 0 Å². The molecule has 1 aromatic carbocycles. The van der Waals surface area contributed by atoms with Gasteiger partial charge in [0, 0.05) is 4.47 Å². The first-order valence-electron chi connectivity index (χ1n) is 6.73. The summed E-state index contributed by atoms with van der Waals surface area (Å²) in [5.41, 5.74) is 1.43. The third kappa shape index (κ3) is 6.26. The molecule has 0 fully saturated rings. The van der Waals surface area contributed by atoms with Crippen LogP contribution in [0.25, 0.3) is 0 Å². The summed E-state index contributed by atoms with van der Waals surface area (Å²) >= 11 is 5.69. The fraction of sp³-hybridized carbons (Fsp3) is 0.600. The quantitative estimate of drug-likeness (QED) is 0.675. The Morgan fingerprint density at radius 3 is 2.78 bits per heavy atom. The largest absolute Gasteiger partial charge is 0.319 e. The van der Waals surface area contributed by atoms with Gasteiger partial charge in [0.25, 0.3) is 0 Å². The Balaban J connectivity index is 2.44. The molecule has 0 aliphatic heterocycles. The summed E-state index contributed by atoms with van der Waals surface area (Å²) < 4.78 is 1.24. The molecule has 0 heterocycles. The highest BCUT2D eigenvalue weighted by atomic mass is 79.9. The Kier molecular flexibility index (Phi) is 8.82. The maximum atomic E-state index is 3.64. The summed E-state index contributed by atoms with van der Waals surface area (Å²) in [5.74, 6) is 3.28. The number of thioether (sulfide) groups is 1. The zero-order chi connectivity index (χ0) is 13.2. The molecule has 3 heteroatoms. The Morgan fingerprint density at radius 1 is 1.33 bits per heavy atom. The molecule has 1 unspecified atom stereocenters. The lowest BCUT2D eigenvalue weighted by Crippen LogP contribution is -2.21. The van der Waals surface area contributed by atoms with E-state index in [1.54, 1.807) is 0 Å². The van der Waals surface area contributed by atoms with Crippen LogP contribution in [0.15, 0.2) is 28.7 Å². The molecule has 1 aromatic rings. The lowest BCUT2D eigenvalue weighted by molar-refractivity contribution is 0.457. The van der Waals surface area contributed by atoms with E-state index in [0.29, 0.717) is 0 Å². The minimum atomic E-state index is 0.742. The molecule has 1 rings (SSSR count). The summed E-state index contributed by atoms with van der Waals surface area (Å²) in [6, 6.07) is 8.58. The zero-order valence-corrected chi connectivity index (χ0v) is 13.8. The normalized spacial score (nSPS) is 12.6. The molecule has 0 saturated heterocycles. The van der Waals surface area contributed by atoms with Gasteiger partial charge in [-0.05, 0) is 61.9 Å². The second kappa shape index (κ2) is 9.88. The molecular weight excluding hydrogens is 306 g/mol. The first kappa shape index (κ1) is 16.1. The lowest BCUT2D eigenvalue weighted by Gasteiger charge is -2.17. The van der Waals surface area contributed by atoms with E-state index >= 15 is 0 Å². The molecule has 0 bridgehead atoms. The molecule has 102 valence electrons. The summed E-state index contributed by atoms with van der Waals surface area (Å²) in [7, 11) is 2.05. The van der Waals surface area contributed by atoms with Crippen molar-refractivity contribution in [3.05, 3.63) is 34.3 Å². The van der Waals surface area contributed by atoms with Gasteiger partial charge in [0.1, 0.15) is 0 Å². The minimum absolute atomic E-state index is 0.742. The highest BCUT2D eigenvalue weighted by Gasteiger charge is 2.10. The van der Waals surface area contributed by atoms with Crippen LogP contribution in [0.3, 0.4) is 0 Å². The van der Waals surface area contributed by atoms with Crippen molar-refractivity contribution in [3.63, 3.8) is 0 Å². The molecule has 0 aliphatic rings. The van der Waals surface area contributed by atoms with Crippen molar-refractivity contribution in [1.82, 2.24) is 5.32 Å². The van der Waals surface area contributed by atoms with E-state index in [1.807, 2.05) is 18.8 Å². The van der Waals surface area contributed by atoms with Gasteiger partial charge in [-0.15, -0.1) is 0 Å². The van der Waals surface area contributed by atoms with E-state index in [4.69, 9.17) is 0 Å². The van der Waals surface area contributed by atoms with Gasteiger partial charge in [-0.25, -0.2) is 0 Å². The summed E-state index contributed by atoms with van der Waals surface area (Å²) in [5, 5.41) is 3.33. The van der Waals surface area contributed by atoms with Crippen LogP contribution in [0.2, 0.25) is 0 Å². The molecule has 1 N–H and O–H groups in total. The molecule has 0 spiro atoms. The van der Waals surface area contributed by atoms with Gasteiger partial charge in [0.15, 0.2) is 0 Å². The van der Waals surface area contributed by atoms with E-state index in [1.165, 1.54) is 40.8 Å². The molecular formula is C15H24BrNS. The van der Waals surface area contributed by atoms with Crippen LogP contribution in [0.4, 0.5) is 0 Å². The molecule has 1 atom stereocenters. The number of benzene rings is 1. The second-order valence-electron chi connectivity index (χ2n) is 4.56. The third-order valence-corrected chi connectivity index (χ3v) is 4.82. The summed E-state index contributed by atoms with van der Waals surface area (Å²) in [6.07, 6.45) is 3.81. The Labute approximate surface area is 124 Å². The van der Waals surface area contributed by atoms with Crippen molar-refractivity contribution in [3.8, 4) is 0 Å². The monoisotopic (exact) mass is 329 g/mol. The highest BCUT2D eigenvalue weighted by molar-refractivity contribution is 9.10. The molecule has 1 nitrogen and oxygen atoms in total. The predicted octanol–water partition coefficient (Wildman–Crippen LogP) is 4.36. The van der Waals surface area contributed by atoms with Crippen molar-refractivity contribution >= 4 is 27.7 Å². The van der Waals surface area contributed by atoms with Crippen LogP contribution in [0, 0.1) is 5.92 Å². The van der Waals surface area contributed by atoms with E-state index in [2.05, 4.69) is 52.4 Å². The number of nitrogens with one attached hydrogen (secondary N) is 1. The standard InChI is InChI=1S/C15H24BrNS/c1-3-18-10-6-7-13(12-17-2)11-14-8-4-5-9-15(14)16/h4-5,8-9,13,17H,3,6-7,10-12H2,1-2H3. The second-order valence-corrected chi connectivity index (χ2v) is 6.81. The Hall–Kier alpha value is 0.01000. The number of hydrogen-bond donors (Lipinski definition) is 1. The molecule has 0 radical (unpaired) electrons. The van der Waals surface area contributed by atoms with Crippen molar-refractivity contribution in [2.45, 2.75) is 26.2 Å². The van der Waals surface area contributed by atoms with Gasteiger partial charge in [-0.1, -0.05) is 41.1 Å². The van der Waals surface area contributed by atoms with Crippen molar-refractivity contribution < 1.29 is 0 Å². The summed E-state index contributed by atoms with van der Waals surface area (Å²) in [6.45, 7) is 3.34. The average molecular weight is 330 g/mol. The van der Waals surface area contributed by atoms with Gasteiger partial charge in [-0.2, -0.15) is 11.8 Å². The van der Waals surface area contributed by atoms with Crippen LogP contribution in [-0.4, -0.2) is 25.1 Å². The van der Waals surface area contributed by atoms with E-state index in [-0.39, 0.29) is 0 Å². The Morgan fingerprint density at radius 2 is 2.11 bits per heavy atom. The minimum Gasteiger partial charge on any atom is -0.319 e. The highest BCUT2D eigenvalue weighted by Crippen LogP contribution is 2.22. The topological polar surface area (TPSA) is 12.0 Å². The van der Waals surface area contributed by atoms with E-state index in [0.717, 1.165) is 12.5 Å². The number of hydrogen-bond acceptors (Lipinski definition) is 2. The predicted molar refractivity (Wildman–Crippen MR) is 87.5 cm³/mol. The third-order valence-electron chi connectivity index (χ3n) is 3.06.